The Morgan fingerprint density at radius 1 is 1.00 bits per heavy atom. The van der Waals surface area contributed by atoms with Crippen LogP contribution < -0.4 is 20.3 Å². The Balaban J connectivity index is 1.47. The summed E-state index contributed by atoms with van der Waals surface area (Å²) in [5.74, 6) is -2.14. The van der Waals surface area contributed by atoms with Gasteiger partial charge in [0, 0.05) is 30.2 Å². The SMILES string of the molecule is CCOc1ccc(NC(=O)[C@H]2[C@H]3C(=O)N([C@@H](CO)C(C)C)C(C(=O)Nc4ccc(N(CC)CC)cc4)C34CC[C@]2(C)O4)cc1. The molecule has 2 unspecified atom stereocenters. The van der Waals surface area contributed by atoms with E-state index in [0.717, 1.165) is 18.8 Å². The first kappa shape index (κ1) is 31.8. The highest BCUT2D eigenvalue weighted by atomic mass is 16.5. The monoisotopic (exact) mass is 606 g/mol. The first-order valence-electron chi connectivity index (χ1n) is 15.9. The van der Waals surface area contributed by atoms with Gasteiger partial charge in [-0.15, -0.1) is 0 Å². The van der Waals surface area contributed by atoms with E-state index in [1.54, 1.807) is 24.3 Å². The van der Waals surface area contributed by atoms with Crippen LogP contribution in [0.2, 0.25) is 0 Å². The number of aliphatic hydroxyl groups is 1. The lowest BCUT2D eigenvalue weighted by Crippen LogP contribution is -2.57. The van der Waals surface area contributed by atoms with Gasteiger partial charge in [0.1, 0.15) is 17.4 Å². The first-order chi connectivity index (χ1) is 21.0. The zero-order valence-electron chi connectivity index (χ0n) is 26.6. The number of aliphatic hydroxyl groups excluding tert-OH is 1. The Hall–Kier alpha value is -3.63. The van der Waals surface area contributed by atoms with Crippen LogP contribution in [0.5, 0.6) is 5.75 Å². The Bertz CT molecular complexity index is 1360. The smallest absolute Gasteiger partial charge is 0.250 e. The molecule has 3 fully saturated rings. The molecule has 2 aromatic carbocycles. The number of fused-ring (bicyclic) bond motifs is 1. The second-order valence-electron chi connectivity index (χ2n) is 12.6. The zero-order chi connectivity index (χ0) is 31.8. The van der Waals surface area contributed by atoms with Crippen molar-refractivity contribution >= 4 is 34.8 Å². The van der Waals surface area contributed by atoms with E-state index in [2.05, 4.69) is 29.4 Å². The molecule has 2 aromatic rings. The molecule has 2 bridgehead atoms. The molecule has 3 amide bonds. The topological polar surface area (TPSA) is 120 Å². The Labute approximate surface area is 260 Å². The lowest BCUT2D eigenvalue weighted by molar-refractivity contribution is -0.148. The number of rotatable bonds is 12. The number of amides is 3. The summed E-state index contributed by atoms with van der Waals surface area (Å²) in [6, 6.07) is 13.1. The maximum atomic E-state index is 14.4. The molecule has 6 atom stereocenters. The van der Waals surface area contributed by atoms with Gasteiger partial charge in [0.25, 0.3) is 0 Å². The second-order valence-corrected chi connectivity index (χ2v) is 12.6. The van der Waals surface area contributed by atoms with Crippen LogP contribution >= 0.6 is 0 Å². The van der Waals surface area contributed by atoms with Gasteiger partial charge in [-0.2, -0.15) is 0 Å². The van der Waals surface area contributed by atoms with Crippen LogP contribution in [-0.4, -0.2) is 77.3 Å². The standard InChI is InChI=1S/C34H46N4O6/c1-7-37(8-2)24-14-10-22(11-15-24)36-31(41)29-34-19-18-33(6,44-34)27(28(34)32(42)38(29)26(20-39)21(4)5)30(40)35-23-12-16-25(17-13-23)43-9-3/h10-17,21,26-29,39H,7-9,18-20H2,1-6H3,(H,35,40)(H,36,41)/t26-,27+,28-,29?,33-,34?/m0/s1. The Morgan fingerprint density at radius 2 is 1.59 bits per heavy atom. The number of hydrogen-bond donors (Lipinski definition) is 3. The molecule has 44 heavy (non-hydrogen) atoms. The van der Waals surface area contributed by atoms with E-state index in [0.29, 0.717) is 36.6 Å². The van der Waals surface area contributed by atoms with Crippen molar-refractivity contribution in [3.8, 4) is 5.75 Å². The summed E-state index contributed by atoms with van der Waals surface area (Å²) in [7, 11) is 0. The molecule has 5 rings (SSSR count). The summed E-state index contributed by atoms with van der Waals surface area (Å²) in [5, 5.41) is 16.5. The highest BCUT2D eigenvalue weighted by Gasteiger charge is 2.78. The Morgan fingerprint density at radius 3 is 2.14 bits per heavy atom. The van der Waals surface area contributed by atoms with Crippen LogP contribution in [0, 0.1) is 17.8 Å². The summed E-state index contributed by atoms with van der Waals surface area (Å²) in [5.41, 5.74) is 0.126. The maximum absolute atomic E-state index is 14.4. The van der Waals surface area contributed by atoms with Crippen LogP contribution in [0.1, 0.15) is 54.4 Å². The molecule has 1 spiro atoms. The molecule has 0 aromatic heterocycles. The van der Waals surface area contributed by atoms with Gasteiger partial charge in [-0.3, -0.25) is 14.4 Å². The number of nitrogens with zero attached hydrogens (tertiary/aromatic N) is 2. The van der Waals surface area contributed by atoms with Crippen molar-refractivity contribution in [2.75, 3.05) is 41.8 Å². The fourth-order valence-corrected chi connectivity index (χ4v) is 7.62. The van der Waals surface area contributed by atoms with Gasteiger partial charge >= 0.3 is 0 Å². The molecule has 10 nitrogen and oxygen atoms in total. The summed E-state index contributed by atoms with van der Waals surface area (Å²) in [6.45, 7) is 13.7. The minimum absolute atomic E-state index is 0.133. The third-order valence-corrected chi connectivity index (χ3v) is 9.76. The van der Waals surface area contributed by atoms with Crippen molar-refractivity contribution in [2.45, 2.75) is 77.7 Å². The number of anilines is 3. The van der Waals surface area contributed by atoms with Crippen LogP contribution in [-0.2, 0) is 19.1 Å². The predicted molar refractivity (Wildman–Crippen MR) is 170 cm³/mol. The van der Waals surface area contributed by atoms with Crippen molar-refractivity contribution in [1.29, 1.82) is 0 Å². The van der Waals surface area contributed by atoms with E-state index in [-0.39, 0.29) is 30.2 Å². The molecule has 3 N–H and O–H groups in total. The quantitative estimate of drug-likeness (QED) is 0.330. The van der Waals surface area contributed by atoms with Gasteiger partial charge in [-0.05, 0) is 95.0 Å². The minimum Gasteiger partial charge on any atom is -0.494 e. The van der Waals surface area contributed by atoms with Crippen molar-refractivity contribution in [1.82, 2.24) is 4.90 Å². The van der Waals surface area contributed by atoms with E-state index in [9.17, 15) is 19.5 Å². The zero-order valence-corrected chi connectivity index (χ0v) is 26.6. The highest BCUT2D eigenvalue weighted by molar-refractivity contribution is 6.05. The lowest BCUT2D eigenvalue weighted by atomic mass is 9.66. The molecule has 3 aliphatic heterocycles. The van der Waals surface area contributed by atoms with Crippen molar-refractivity contribution < 1.29 is 29.0 Å². The molecule has 3 saturated heterocycles. The third-order valence-electron chi connectivity index (χ3n) is 9.76. The molecule has 0 radical (unpaired) electrons. The van der Waals surface area contributed by atoms with E-state index in [4.69, 9.17) is 9.47 Å². The van der Waals surface area contributed by atoms with Gasteiger partial charge in [0.15, 0.2) is 0 Å². The first-order valence-corrected chi connectivity index (χ1v) is 15.9. The maximum Gasteiger partial charge on any atom is 0.250 e. The number of benzene rings is 2. The van der Waals surface area contributed by atoms with Crippen molar-refractivity contribution in [3.05, 3.63) is 48.5 Å². The van der Waals surface area contributed by atoms with Crippen molar-refractivity contribution in [2.24, 2.45) is 17.8 Å². The van der Waals surface area contributed by atoms with Crippen LogP contribution in [0.25, 0.3) is 0 Å². The van der Waals surface area contributed by atoms with E-state index in [1.807, 2.05) is 52.0 Å². The van der Waals surface area contributed by atoms with Gasteiger partial charge < -0.3 is 35.0 Å². The molecule has 238 valence electrons. The molecule has 10 heteroatoms. The number of ether oxygens (including phenoxy) is 2. The number of likely N-dealkylation sites (tertiary alicyclic amines) is 1. The van der Waals surface area contributed by atoms with Crippen LogP contribution in [0.15, 0.2) is 48.5 Å². The Kier molecular flexibility index (Phi) is 8.96. The van der Waals surface area contributed by atoms with Gasteiger partial charge in [-0.1, -0.05) is 13.8 Å². The highest BCUT2D eigenvalue weighted by Crippen LogP contribution is 2.63. The fourth-order valence-electron chi connectivity index (χ4n) is 7.62. The van der Waals surface area contributed by atoms with E-state index < -0.39 is 35.1 Å². The fraction of sp³-hybridized carbons (Fsp3) is 0.559. The minimum atomic E-state index is -1.19. The molecule has 0 aliphatic carbocycles. The summed E-state index contributed by atoms with van der Waals surface area (Å²) in [4.78, 5) is 46.3. The van der Waals surface area contributed by atoms with Crippen LogP contribution in [0.4, 0.5) is 17.1 Å². The molecule has 3 heterocycles. The van der Waals surface area contributed by atoms with Crippen molar-refractivity contribution in [3.63, 3.8) is 0 Å². The van der Waals surface area contributed by atoms with E-state index in [1.165, 1.54) is 4.90 Å². The van der Waals surface area contributed by atoms with E-state index >= 15 is 0 Å². The summed E-state index contributed by atoms with van der Waals surface area (Å²) >= 11 is 0. The average Bonchev–Trinajstić information content (AvgIpc) is 3.56. The number of carbonyl (C=O) groups excluding carboxylic acids is 3. The number of carbonyl (C=O) groups is 3. The second kappa shape index (κ2) is 12.4. The van der Waals surface area contributed by atoms with Gasteiger partial charge in [-0.25, -0.2) is 0 Å². The predicted octanol–water partition coefficient (Wildman–Crippen LogP) is 4.29. The largest absolute Gasteiger partial charge is 0.494 e. The summed E-state index contributed by atoms with van der Waals surface area (Å²) in [6.07, 6.45) is 0.984. The molecular weight excluding hydrogens is 560 g/mol. The molecular formula is C34H46N4O6. The molecule has 0 saturated carbocycles. The normalized spacial score (nSPS) is 27.8. The van der Waals surface area contributed by atoms with Crippen LogP contribution in [0.3, 0.4) is 0 Å². The number of hydrogen-bond acceptors (Lipinski definition) is 7. The van der Waals surface area contributed by atoms with Gasteiger partial charge in [0.2, 0.25) is 17.7 Å². The third kappa shape index (κ3) is 5.32. The number of nitrogens with one attached hydrogen (secondary N) is 2. The van der Waals surface area contributed by atoms with Gasteiger partial charge in [0.05, 0.1) is 36.7 Å². The lowest BCUT2D eigenvalue weighted by Gasteiger charge is -2.38. The summed E-state index contributed by atoms with van der Waals surface area (Å²) < 4.78 is 12.2. The molecule has 3 aliphatic rings. The average molecular weight is 607 g/mol.